The predicted octanol–water partition coefficient (Wildman–Crippen LogP) is 1.31. The molecule has 15 heavy (non-hydrogen) atoms. The third-order valence-electron chi connectivity index (χ3n) is 1.89. The molecule has 0 amide bonds. The molecular formula is C10H12O5. The Morgan fingerprint density at radius 3 is 1.73 bits per heavy atom. The molecule has 0 aliphatic carbocycles. The van der Waals surface area contributed by atoms with Crippen molar-refractivity contribution in [2.45, 2.75) is 25.7 Å². The zero-order valence-corrected chi connectivity index (χ0v) is 8.10. The lowest BCUT2D eigenvalue weighted by atomic mass is 10.2. The van der Waals surface area contributed by atoms with Gasteiger partial charge in [0.15, 0.2) is 0 Å². The van der Waals surface area contributed by atoms with E-state index in [0.29, 0.717) is 24.4 Å². The standard InChI is InChI=1S/C10H12O5/c11-9(12)5-3-7-1-2-8(15-7)4-6-10(13)14/h1-2H,3-6H2,(H,11,12)(H,13,14). The molecule has 0 saturated carbocycles. The molecular weight excluding hydrogens is 200 g/mol. The summed E-state index contributed by atoms with van der Waals surface area (Å²) in [7, 11) is 0. The van der Waals surface area contributed by atoms with Crippen molar-refractivity contribution in [3.63, 3.8) is 0 Å². The van der Waals surface area contributed by atoms with Gasteiger partial charge in [-0.05, 0) is 12.1 Å². The minimum absolute atomic E-state index is 0.0197. The highest BCUT2D eigenvalue weighted by atomic mass is 16.4. The maximum atomic E-state index is 10.3. The van der Waals surface area contributed by atoms with Gasteiger partial charge < -0.3 is 14.6 Å². The van der Waals surface area contributed by atoms with Crippen molar-refractivity contribution in [2.24, 2.45) is 0 Å². The third kappa shape index (κ3) is 4.30. The molecule has 0 aliphatic rings. The Morgan fingerprint density at radius 1 is 1.00 bits per heavy atom. The van der Waals surface area contributed by atoms with E-state index < -0.39 is 11.9 Å². The summed E-state index contributed by atoms with van der Waals surface area (Å²) < 4.78 is 5.26. The van der Waals surface area contributed by atoms with Gasteiger partial charge in [0, 0.05) is 12.8 Å². The Morgan fingerprint density at radius 2 is 1.40 bits per heavy atom. The molecule has 1 aromatic heterocycles. The van der Waals surface area contributed by atoms with E-state index in [1.807, 2.05) is 0 Å². The van der Waals surface area contributed by atoms with E-state index in [2.05, 4.69) is 0 Å². The number of furan rings is 1. The third-order valence-corrected chi connectivity index (χ3v) is 1.89. The fraction of sp³-hybridized carbons (Fsp3) is 0.400. The molecule has 82 valence electrons. The molecule has 0 fully saturated rings. The van der Waals surface area contributed by atoms with E-state index in [-0.39, 0.29) is 12.8 Å². The Bertz CT molecular complexity index is 320. The van der Waals surface area contributed by atoms with Gasteiger partial charge in [0.2, 0.25) is 0 Å². The van der Waals surface area contributed by atoms with E-state index in [1.165, 1.54) is 0 Å². The summed E-state index contributed by atoms with van der Waals surface area (Å²) >= 11 is 0. The van der Waals surface area contributed by atoms with Crippen LogP contribution in [0.25, 0.3) is 0 Å². The second-order valence-electron chi connectivity index (χ2n) is 3.16. The van der Waals surface area contributed by atoms with Crippen LogP contribution >= 0.6 is 0 Å². The van der Waals surface area contributed by atoms with E-state index in [0.717, 1.165) is 0 Å². The molecule has 5 nitrogen and oxygen atoms in total. The second-order valence-corrected chi connectivity index (χ2v) is 3.16. The number of carboxylic acid groups (broad SMARTS) is 2. The average molecular weight is 212 g/mol. The maximum absolute atomic E-state index is 10.3. The summed E-state index contributed by atoms with van der Waals surface area (Å²) in [5, 5.41) is 16.9. The first kappa shape index (κ1) is 11.3. The zero-order valence-electron chi connectivity index (χ0n) is 8.10. The van der Waals surface area contributed by atoms with Gasteiger partial charge in [-0.2, -0.15) is 0 Å². The van der Waals surface area contributed by atoms with Crippen LogP contribution in [0.2, 0.25) is 0 Å². The van der Waals surface area contributed by atoms with Gasteiger partial charge in [0.05, 0.1) is 12.8 Å². The van der Waals surface area contributed by atoms with Crippen molar-refractivity contribution < 1.29 is 24.2 Å². The van der Waals surface area contributed by atoms with Gasteiger partial charge in [-0.1, -0.05) is 0 Å². The zero-order chi connectivity index (χ0) is 11.3. The van der Waals surface area contributed by atoms with Crippen LogP contribution in [0.5, 0.6) is 0 Å². The van der Waals surface area contributed by atoms with E-state index >= 15 is 0 Å². The molecule has 0 atom stereocenters. The highest BCUT2D eigenvalue weighted by Gasteiger charge is 2.06. The Kier molecular flexibility index (Phi) is 3.91. The second kappa shape index (κ2) is 5.19. The van der Waals surface area contributed by atoms with Crippen molar-refractivity contribution in [3.8, 4) is 0 Å². The van der Waals surface area contributed by atoms with Crippen LogP contribution in [0.1, 0.15) is 24.4 Å². The van der Waals surface area contributed by atoms with E-state index in [9.17, 15) is 9.59 Å². The Hall–Kier alpha value is -1.78. The van der Waals surface area contributed by atoms with Crippen LogP contribution in [0, 0.1) is 0 Å². The normalized spacial score (nSPS) is 10.1. The highest BCUT2D eigenvalue weighted by molar-refractivity contribution is 5.67. The molecule has 0 aromatic carbocycles. The molecule has 0 saturated heterocycles. The van der Waals surface area contributed by atoms with Gasteiger partial charge in [-0.15, -0.1) is 0 Å². The van der Waals surface area contributed by atoms with Gasteiger partial charge in [0.1, 0.15) is 11.5 Å². The molecule has 1 rings (SSSR count). The Labute approximate surface area is 86.3 Å². The minimum atomic E-state index is -0.876. The van der Waals surface area contributed by atoms with Crippen LogP contribution in [0.4, 0.5) is 0 Å². The summed E-state index contributed by atoms with van der Waals surface area (Å²) in [6.07, 6.45) is 0.711. The quantitative estimate of drug-likeness (QED) is 0.742. The summed E-state index contributed by atoms with van der Waals surface area (Å²) in [4.78, 5) is 20.6. The molecule has 0 spiro atoms. The van der Waals surface area contributed by atoms with E-state index in [1.54, 1.807) is 12.1 Å². The van der Waals surface area contributed by atoms with Crippen molar-refractivity contribution in [3.05, 3.63) is 23.7 Å². The molecule has 1 aromatic rings. The van der Waals surface area contributed by atoms with Crippen molar-refractivity contribution in [1.82, 2.24) is 0 Å². The lowest BCUT2D eigenvalue weighted by Gasteiger charge is -1.94. The van der Waals surface area contributed by atoms with Crippen molar-refractivity contribution in [2.75, 3.05) is 0 Å². The molecule has 0 unspecified atom stereocenters. The van der Waals surface area contributed by atoms with Crippen LogP contribution in [0.3, 0.4) is 0 Å². The van der Waals surface area contributed by atoms with Gasteiger partial charge in [0.25, 0.3) is 0 Å². The van der Waals surface area contributed by atoms with E-state index in [4.69, 9.17) is 14.6 Å². The monoisotopic (exact) mass is 212 g/mol. The first-order chi connectivity index (χ1) is 7.08. The topological polar surface area (TPSA) is 87.7 Å². The minimum Gasteiger partial charge on any atom is -0.481 e. The number of aryl methyl sites for hydroxylation is 2. The van der Waals surface area contributed by atoms with Crippen molar-refractivity contribution in [1.29, 1.82) is 0 Å². The van der Waals surface area contributed by atoms with Crippen LogP contribution < -0.4 is 0 Å². The lowest BCUT2D eigenvalue weighted by Crippen LogP contribution is -1.97. The fourth-order valence-corrected chi connectivity index (χ4v) is 1.15. The number of aliphatic carboxylic acids is 2. The number of hydrogen-bond donors (Lipinski definition) is 2. The number of carbonyl (C=O) groups is 2. The summed E-state index contributed by atoms with van der Waals surface area (Å²) in [6, 6.07) is 3.36. The van der Waals surface area contributed by atoms with Crippen LogP contribution in [-0.2, 0) is 22.4 Å². The maximum Gasteiger partial charge on any atom is 0.303 e. The molecule has 5 heteroatoms. The summed E-state index contributed by atoms with van der Waals surface area (Å²) in [5.74, 6) is -0.590. The number of hydrogen-bond acceptors (Lipinski definition) is 3. The highest BCUT2D eigenvalue weighted by Crippen LogP contribution is 2.11. The molecule has 2 N–H and O–H groups in total. The average Bonchev–Trinajstić information content (AvgIpc) is 2.59. The van der Waals surface area contributed by atoms with Gasteiger partial charge in [-0.3, -0.25) is 9.59 Å². The smallest absolute Gasteiger partial charge is 0.303 e. The number of rotatable bonds is 6. The molecule has 0 aliphatic heterocycles. The molecule has 0 bridgehead atoms. The van der Waals surface area contributed by atoms with Crippen LogP contribution in [-0.4, -0.2) is 22.2 Å². The largest absolute Gasteiger partial charge is 0.481 e. The SMILES string of the molecule is O=C(O)CCc1ccc(CCC(=O)O)o1. The summed E-state index contributed by atoms with van der Waals surface area (Å²) in [6.45, 7) is 0. The number of carboxylic acids is 2. The van der Waals surface area contributed by atoms with Crippen LogP contribution in [0.15, 0.2) is 16.5 Å². The molecule has 0 radical (unpaired) electrons. The predicted molar refractivity (Wildman–Crippen MR) is 50.6 cm³/mol. The fourth-order valence-electron chi connectivity index (χ4n) is 1.15. The summed E-state index contributed by atoms with van der Waals surface area (Å²) in [5.41, 5.74) is 0. The Balaban J connectivity index is 2.41. The van der Waals surface area contributed by atoms with Gasteiger partial charge in [-0.25, -0.2) is 0 Å². The molecule has 1 heterocycles. The van der Waals surface area contributed by atoms with Crippen molar-refractivity contribution >= 4 is 11.9 Å². The lowest BCUT2D eigenvalue weighted by molar-refractivity contribution is -0.137. The first-order valence-electron chi connectivity index (χ1n) is 4.59. The first-order valence-corrected chi connectivity index (χ1v) is 4.59. The van der Waals surface area contributed by atoms with Gasteiger partial charge >= 0.3 is 11.9 Å².